The molecule has 0 saturated carbocycles. The van der Waals surface area contributed by atoms with Gasteiger partial charge in [-0.1, -0.05) is 12.1 Å². The summed E-state index contributed by atoms with van der Waals surface area (Å²) in [6.45, 7) is 9.73. The van der Waals surface area contributed by atoms with Crippen LogP contribution in [-0.2, 0) is 4.79 Å². The van der Waals surface area contributed by atoms with Crippen molar-refractivity contribution in [1.82, 2.24) is 15.2 Å². The van der Waals surface area contributed by atoms with E-state index in [-0.39, 0.29) is 30.1 Å². The van der Waals surface area contributed by atoms with Crippen molar-refractivity contribution in [2.75, 3.05) is 13.6 Å². The number of amides is 3. The van der Waals surface area contributed by atoms with Gasteiger partial charge in [0, 0.05) is 19.0 Å². The molecule has 3 rings (SSSR count). The summed E-state index contributed by atoms with van der Waals surface area (Å²) < 4.78 is 5.58. The van der Waals surface area contributed by atoms with E-state index in [9.17, 15) is 9.59 Å². The minimum atomic E-state index is -0.382. The lowest BCUT2D eigenvalue weighted by molar-refractivity contribution is -0.133. The molecule has 1 unspecified atom stereocenters. The molecule has 30 heavy (non-hydrogen) atoms. The molecule has 1 aromatic heterocycles. The van der Waals surface area contributed by atoms with Crippen LogP contribution in [0.25, 0.3) is 0 Å². The summed E-state index contributed by atoms with van der Waals surface area (Å²) in [6, 6.07) is 9.19. The van der Waals surface area contributed by atoms with E-state index in [1.54, 1.807) is 19.4 Å². The number of carbonyl (C=O) groups excluding carboxylic acids is 2. The summed E-state index contributed by atoms with van der Waals surface area (Å²) in [5.41, 5.74) is 3.82. The molecule has 0 fully saturated rings. The number of aryl methyl sites for hydroxylation is 2. The Hall–Kier alpha value is -3.09. The molecule has 7 nitrogen and oxygen atoms in total. The van der Waals surface area contributed by atoms with Crippen LogP contribution in [0.1, 0.15) is 55.7 Å². The summed E-state index contributed by atoms with van der Waals surface area (Å²) in [7, 11) is 1.60. The average Bonchev–Trinajstić information content (AvgIpc) is 3.31. The summed E-state index contributed by atoms with van der Waals surface area (Å²) in [4.78, 5) is 26.8. The van der Waals surface area contributed by atoms with Gasteiger partial charge >= 0.3 is 6.03 Å². The molecule has 0 saturated heterocycles. The second kappa shape index (κ2) is 8.34. The summed E-state index contributed by atoms with van der Waals surface area (Å²) in [6.07, 6.45) is 2.15. The molecule has 0 spiro atoms. The second-order valence-electron chi connectivity index (χ2n) is 8.86. The van der Waals surface area contributed by atoms with Crippen molar-refractivity contribution in [3.63, 3.8) is 0 Å². The Labute approximate surface area is 177 Å². The van der Waals surface area contributed by atoms with Gasteiger partial charge in [-0.15, -0.1) is 0 Å². The summed E-state index contributed by atoms with van der Waals surface area (Å²) in [5, 5.41) is 8.95. The molecule has 160 valence electrons. The smallest absolute Gasteiger partial charge is 0.318 e. The lowest BCUT2D eigenvalue weighted by atomic mass is 9.99. The molecule has 0 bridgehead atoms. The van der Waals surface area contributed by atoms with Crippen molar-refractivity contribution >= 4 is 17.6 Å². The van der Waals surface area contributed by atoms with Crippen LogP contribution in [0.15, 0.2) is 46.1 Å². The third kappa shape index (κ3) is 4.90. The van der Waals surface area contributed by atoms with Gasteiger partial charge in [-0.2, -0.15) is 5.10 Å². The molecule has 7 heteroatoms. The zero-order valence-electron chi connectivity index (χ0n) is 18.5. The monoisotopic (exact) mass is 410 g/mol. The molecule has 1 aliphatic rings. The fourth-order valence-corrected chi connectivity index (χ4v) is 3.30. The topological polar surface area (TPSA) is 78.2 Å². The maximum Gasteiger partial charge on any atom is 0.318 e. The first-order valence-corrected chi connectivity index (χ1v) is 10.1. The predicted octanol–water partition coefficient (Wildman–Crippen LogP) is 4.01. The maximum absolute atomic E-state index is 13.1. The third-order valence-electron chi connectivity index (χ3n) is 5.08. The van der Waals surface area contributed by atoms with Crippen molar-refractivity contribution < 1.29 is 14.0 Å². The Balaban J connectivity index is 1.82. The zero-order valence-corrected chi connectivity index (χ0v) is 18.5. The van der Waals surface area contributed by atoms with Gasteiger partial charge in [-0.3, -0.25) is 4.79 Å². The molecule has 2 heterocycles. The standard InChI is InChI=1S/C23H30N4O3/c1-15-9-10-17(12-16(15)2)18-13-19(20-8-7-11-30-20)27(25-18)21(28)14-26(6)22(29)24-23(3,4)5/h7-12,19H,13-14H2,1-6H3,(H,24,29). The number of nitrogens with zero attached hydrogens (tertiary/aromatic N) is 3. The normalized spacial score (nSPS) is 16.4. The fourth-order valence-electron chi connectivity index (χ4n) is 3.30. The molecular formula is C23H30N4O3. The van der Waals surface area contributed by atoms with E-state index in [1.165, 1.54) is 21.0 Å². The highest BCUT2D eigenvalue weighted by atomic mass is 16.3. The van der Waals surface area contributed by atoms with Gasteiger partial charge in [0.15, 0.2) is 0 Å². The van der Waals surface area contributed by atoms with Crippen molar-refractivity contribution in [2.24, 2.45) is 5.10 Å². The highest BCUT2D eigenvalue weighted by Crippen LogP contribution is 2.33. The van der Waals surface area contributed by atoms with E-state index >= 15 is 0 Å². The van der Waals surface area contributed by atoms with E-state index in [1.807, 2.05) is 32.9 Å². The van der Waals surface area contributed by atoms with Crippen LogP contribution in [0, 0.1) is 13.8 Å². The van der Waals surface area contributed by atoms with Gasteiger partial charge < -0.3 is 14.6 Å². The molecule has 1 aliphatic heterocycles. The van der Waals surface area contributed by atoms with E-state index in [0.29, 0.717) is 12.2 Å². The van der Waals surface area contributed by atoms with Crippen molar-refractivity contribution in [1.29, 1.82) is 0 Å². The molecule has 0 radical (unpaired) electrons. The van der Waals surface area contributed by atoms with Gasteiger partial charge in [0.25, 0.3) is 5.91 Å². The average molecular weight is 411 g/mol. The van der Waals surface area contributed by atoms with Gasteiger partial charge in [0.2, 0.25) is 0 Å². The van der Waals surface area contributed by atoms with Crippen molar-refractivity contribution in [3.05, 3.63) is 59.0 Å². The van der Waals surface area contributed by atoms with Crippen LogP contribution in [0.4, 0.5) is 4.79 Å². The van der Waals surface area contributed by atoms with Crippen LogP contribution in [0.3, 0.4) is 0 Å². The number of rotatable bonds is 4. The van der Waals surface area contributed by atoms with Crippen LogP contribution < -0.4 is 5.32 Å². The number of benzene rings is 1. The van der Waals surface area contributed by atoms with Crippen LogP contribution in [0.2, 0.25) is 0 Å². The van der Waals surface area contributed by atoms with E-state index < -0.39 is 0 Å². The van der Waals surface area contributed by atoms with Crippen molar-refractivity contribution in [2.45, 2.75) is 52.6 Å². The van der Waals surface area contributed by atoms with E-state index in [4.69, 9.17) is 4.42 Å². The maximum atomic E-state index is 13.1. The van der Waals surface area contributed by atoms with Gasteiger partial charge in [0.05, 0.1) is 12.0 Å². The SMILES string of the molecule is Cc1ccc(C2=NN(C(=O)CN(C)C(=O)NC(C)(C)C)C(c3ccco3)C2)cc1C. The number of likely N-dealkylation sites (N-methyl/N-ethyl adjacent to an activating group) is 1. The Kier molecular flexibility index (Phi) is 6.01. The van der Waals surface area contributed by atoms with Crippen LogP contribution in [-0.4, -0.2) is 46.7 Å². The summed E-state index contributed by atoms with van der Waals surface area (Å²) >= 11 is 0. The quantitative estimate of drug-likeness (QED) is 0.827. The summed E-state index contributed by atoms with van der Waals surface area (Å²) in [5.74, 6) is 0.412. The fraction of sp³-hybridized carbons (Fsp3) is 0.435. The predicted molar refractivity (Wildman–Crippen MR) is 116 cm³/mol. The number of hydrazone groups is 1. The molecule has 1 N–H and O–H groups in total. The number of nitrogens with one attached hydrogen (secondary N) is 1. The second-order valence-corrected chi connectivity index (χ2v) is 8.86. The third-order valence-corrected chi connectivity index (χ3v) is 5.08. The molecule has 2 aromatic rings. The number of hydrogen-bond acceptors (Lipinski definition) is 4. The van der Waals surface area contributed by atoms with Crippen LogP contribution in [0.5, 0.6) is 0 Å². The van der Waals surface area contributed by atoms with Crippen molar-refractivity contribution in [3.8, 4) is 0 Å². The number of carbonyl (C=O) groups is 2. The van der Waals surface area contributed by atoms with Gasteiger partial charge in [0.1, 0.15) is 18.3 Å². The highest BCUT2D eigenvalue weighted by Gasteiger charge is 2.35. The number of urea groups is 1. The first kappa shape index (κ1) is 21.6. The largest absolute Gasteiger partial charge is 0.467 e. The molecular weight excluding hydrogens is 380 g/mol. The Morgan fingerprint density at radius 2 is 1.97 bits per heavy atom. The minimum Gasteiger partial charge on any atom is -0.467 e. The van der Waals surface area contributed by atoms with Gasteiger partial charge in [-0.05, 0) is 69.5 Å². The van der Waals surface area contributed by atoms with E-state index in [0.717, 1.165) is 11.3 Å². The number of furan rings is 1. The molecule has 3 amide bonds. The Morgan fingerprint density at radius 3 is 2.57 bits per heavy atom. The zero-order chi connectivity index (χ0) is 22.1. The molecule has 1 atom stereocenters. The van der Waals surface area contributed by atoms with Crippen LogP contribution >= 0.6 is 0 Å². The first-order chi connectivity index (χ1) is 14.0. The Morgan fingerprint density at radius 1 is 1.23 bits per heavy atom. The molecule has 1 aromatic carbocycles. The lowest BCUT2D eigenvalue weighted by Gasteiger charge is -2.27. The molecule has 0 aliphatic carbocycles. The van der Waals surface area contributed by atoms with Gasteiger partial charge in [-0.25, -0.2) is 9.80 Å². The Bertz CT molecular complexity index is 957. The first-order valence-electron chi connectivity index (χ1n) is 10.1. The highest BCUT2D eigenvalue weighted by molar-refractivity contribution is 6.03. The minimum absolute atomic E-state index is 0.0805. The lowest BCUT2D eigenvalue weighted by Crippen LogP contribution is -2.49. The number of hydrogen-bond donors (Lipinski definition) is 1. The van der Waals surface area contributed by atoms with E-state index in [2.05, 4.69) is 36.4 Å².